The number of Topliss-reactive ketones (excluding diaryl/α,β-unsaturated/α-hetero) is 2. The summed E-state index contributed by atoms with van der Waals surface area (Å²) in [5.74, 6) is -125. The molecule has 0 aliphatic carbocycles. The zero-order valence-corrected chi connectivity index (χ0v) is 50.6. The first-order valence-corrected chi connectivity index (χ1v) is 27.9. The molecule has 53 heteroatoms. The smallest absolute Gasteiger partial charge is 0.405 e. The predicted octanol–water partition coefficient (Wildman–Crippen LogP) is 16.7. The highest BCUT2D eigenvalue weighted by Gasteiger charge is 2.94. The fourth-order valence-corrected chi connectivity index (χ4v) is 9.32. The van der Waals surface area contributed by atoms with Crippen LogP contribution in [0.5, 0.6) is 0 Å². The van der Waals surface area contributed by atoms with E-state index in [4.69, 9.17) is 26.6 Å². The lowest BCUT2D eigenvalue weighted by Crippen LogP contribution is -2.71. The fraction of sp³-hybridized carbons (Fsp3) is 0.833. The molecule has 0 saturated carbocycles. The molecular formula is C42H49ClF39NO10Si2. The van der Waals surface area contributed by atoms with Gasteiger partial charge in [-0.15, -0.1) is 6.58 Å². The van der Waals surface area contributed by atoms with Crippen molar-refractivity contribution in [3.63, 3.8) is 0 Å². The third-order valence-electron chi connectivity index (χ3n) is 10.3. The van der Waals surface area contributed by atoms with E-state index in [-0.39, 0.29) is 38.4 Å². The van der Waals surface area contributed by atoms with Crippen molar-refractivity contribution in [1.82, 2.24) is 0 Å². The summed E-state index contributed by atoms with van der Waals surface area (Å²) < 4.78 is 530. The van der Waals surface area contributed by atoms with Gasteiger partial charge in [0.15, 0.2) is 0 Å². The molecule has 0 aromatic heterocycles. The van der Waals surface area contributed by atoms with Gasteiger partial charge in [0.05, 0.1) is 0 Å². The van der Waals surface area contributed by atoms with Gasteiger partial charge >= 0.3 is 132 Å². The van der Waals surface area contributed by atoms with Crippen LogP contribution in [0.15, 0.2) is 25.4 Å². The second-order valence-electron chi connectivity index (χ2n) is 16.9. The van der Waals surface area contributed by atoms with E-state index < -0.39 is 162 Å². The Morgan fingerprint density at radius 2 is 0.611 bits per heavy atom. The lowest BCUT2D eigenvalue weighted by atomic mass is 9.91. The maximum Gasteiger partial charge on any atom is 0.500 e. The summed E-state index contributed by atoms with van der Waals surface area (Å²) in [7, 11) is -5.13. The Kier molecular flexibility index (Phi) is 36.9. The summed E-state index contributed by atoms with van der Waals surface area (Å²) in [6.45, 7) is 18.4. The Morgan fingerprint density at radius 1 is 0.379 bits per heavy atom. The van der Waals surface area contributed by atoms with Crippen molar-refractivity contribution < 1.29 is 216 Å². The van der Waals surface area contributed by atoms with Crippen LogP contribution in [-0.2, 0) is 45.2 Å². The fourth-order valence-electron chi connectivity index (χ4n) is 5.43. The number of ketones is 2. The van der Waals surface area contributed by atoms with Crippen LogP contribution in [0, 0.1) is 0 Å². The number of carbonyl (C=O) groups excluding carboxylic acids is 3. The number of rotatable bonds is 34. The zero-order valence-electron chi connectivity index (χ0n) is 47.7. The van der Waals surface area contributed by atoms with Gasteiger partial charge in [0.25, 0.3) is 0 Å². The molecule has 0 aliphatic heterocycles. The van der Waals surface area contributed by atoms with Crippen LogP contribution < -0.4 is 5.73 Å². The highest BCUT2D eigenvalue weighted by Crippen LogP contribution is 2.64. The first kappa shape index (κ1) is 99.5. The van der Waals surface area contributed by atoms with Gasteiger partial charge in [-0.2, -0.15) is 171 Å². The summed E-state index contributed by atoms with van der Waals surface area (Å²) in [6, 6.07) is -0.163. The summed E-state index contributed by atoms with van der Waals surface area (Å²) in [5.41, 5.74) is 4.61. The molecule has 0 amide bonds. The minimum absolute atomic E-state index is 0.0707. The van der Waals surface area contributed by atoms with E-state index in [2.05, 4.69) is 35.0 Å². The van der Waals surface area contributed by atoms with Crippen LogP contribution >= 0.6 is 11.9 Å². The molecule has 0 unspecified atom stereocenters. The molecule has 0 aromatic rings. The molecule has 570 valence electrons. The SMILES string of the molecule is C=CCC(=O)C(F)(F)C(F)(F)C(F)(F)C(F)(F)C(F)(F)C(F)(F)F.C=CN.CCO[SiH](OCC)OCC.CCO[Si](CCCCC(=O)C(F)(F)C(F)(F)C(F)(F)C(F)(F)C(F)(F)C(F)(F)F)(OCC)OCC.O=C(OCl)C(F)(F)C(F)(F)C(F)(F)C(F)(F)C(F)(F)C(F)(F)F. The molecule has 0 fully saturated rings. The highest BCUT2D eigenvalue weighted by molar-refractivity contribution is 6.60. The van der Waals surface area contributed by atoms with Gasteiger partial charge in [-0.1, -0.05) is 12.7 Å². The van der Waals surface area contributed by atoms with Gasteiger partial charge in [-0.05, 0) is 60.6 Å². The van der Waals surface area contributed by atoms with Gasteiger partial charge in [0, 0.05) is 58.5 Å². The minimum Gasteiger partial charge on any atom is -0.405 e. The van der Waals surface area contributed by atoms with Crippen molar-refractivity contribution in [1.29, 1.82) is 0 Å². The van der Waals surface area contributed by atoms with E-state index in [1.54, 1.807) is 20.8 Å². The summed E-state index contributed by atoms with van der Waals surface area (Å²) in [4.78, 5) is 32.3. The van der Waals surface area contributed by atoms with Gasteiger partial charge in [-0.3, -0.25) is 9.59 Å². The van der Waals surface area contributed by atoms with Gasteiger partial charge < -0.3 is 36.6 Å². The summed E-state index contributed by atoms with van der Waals surface area (Å²) >= 11 is 3.85. The maximum absolute atomic E-state index is 13.8. The molecule has 0 radical (unpaired) electrons. The molecule has 95 heavy (non-hydrogen) atoms. The predicted molar refractivity (Wildman–Crippen MR) is 245 cm³/mol. The molecule has 0 spiro atoms. The Bertz CT molecular complexity index is 2340. The van der Waals surface area contributed by atoms with Crippen LogP contribution in [0.2, 0.25) is 6.04 Å². The first-order chi connectivity index (χ1) is 41.8. The minimum atomic E-state index is -8.07. The number of allylic oxidation sites excluding steroid dienone is 1. The Hall–Kier alpha value is -4.16. The van der Waals surface area contributed by atoms with E-state index in [1.165, 1.54) is 6.20 Å². The number of hydrogen-bond donors (Lipinski definition) is 1. The monoisotopic (exact) mass is 1560 g/mol. The van der Waals surface area contributed by atoms with E-state index in [0.717, 1.165) is 0 Å². The van der Waals surface area contributed by atoms with Crippen molar-refractivity contribution in [2.75, 3.05) is 39.6 Å². The number of carbonyl (C=O) groups is 3. The highest BCUT2D eigenvalue weighted by atomic mass is 35.5. The van der Waals surface area contributed by atoms with Gasteiger partial charge in [0.1, 0.15) is 11.9 Å². The van der Waals surface area contributed by atoms with E-state index in [9.17, 15) is 186 Å². The largest absolute Gasteiger partial charge is 0.500 e. The third-order valence-corrected chi connectivity index (χ3v) is 15.4. The van der Waals surface area contributed by atoms with Crippen molar-refractivity contribution in [3.05, 3.63) is 25.4 Å². The molecule has 0 aliphatic rings. The normalized spacial score (nSPS) is 14.4. The lowest BCUT2D eigenvalue weighted by molar-refractivity contribution is -0.436. The quantitative estimate of drug-likeness (QED) is 0.0285. The Balaban J connectivity index is -0.000000397. The van der Waals surface area contributed by atoms with Crippen LogP contribution in [0.3, 0.4) is 0 Å². The van der Waals surface area contributed by atoms with Gasteiger partial charge in [0.2, 0.25) is 11.6 Å². The number of halogens is 40. The number of alkyl halides is 39. The van der Waals surface area contributed by atoms with E-state index in [0.29, 0.717) is 19.8 Å². The van der Waals surface area contributed by atoms with Crippen LogP contribution in [0.1, 0.15) is 67.2 Å². The lowest BCUT2D eigenvalue weighted by Gasteiger charge is -2.39. The topological polar surface area (TPSA) is 142 Å². The molecule has 11 nitrogen and oxygen atoms in total. The molecule has 0 atom stereocenters. The standard InChI is InChI=1S/C17H23F13O4Si.C10H5F13O.C7ClF13O2.C6H16O3Si.C2H5N/c1-4-32-35(33-5-2,34-6-3)10-8-7-9-11(31)12(18,19)13(20,21)14(22,23)15(24,25)16(26,27)17(28,29)30;1-2-3-4(24)5(11,12)6(13,14)7(15,16)8(17,18)9(19,20)10(21,22)23;8-23-1(22)2(9,10)3(11,12)4(13,14)5(15,16)6(17,18)7(19,20)21;1-4-7-10(8-5-2)9-6-3;1-2-3/h4-10H2,1-3H3;2H,1,3H2;;10H,4-6H2,1-3H3;2H,1,3H2. The molecule has 0 rings (SSSR count). The zero-order chi connectivity index (χ0) is 78.0. The maximum atomic E-state index is 13.8. The van der Waals surface area contributed by atoms with Crippen molar-refractivity contribution in [3.8, 4) is 0 Å². The molecule has 0 aromatic carbocycles. The Labute approximate surface area is 515 Å². The van der Waals surface area contributed by atoms with E-state index in [1.807, 2.05) is 20.8 Å². The number of nitrogens with two attached hydrogens (primary N) is 1. The van der Waals surface area contributed by atoms with E-state index >= 15 is 0 Å². The second kappa shape index (κ2) is 35.2. The molecule has 2 N–H and O–H groups in total. The second-order valence-corrected chi connectivity index (χ2v) is 21.4. The number of unbranched alkanes of at least 4 members (excludes halogenated alkanes) is 1. The van der Waals surface area contributed by atoms with Crippen LogP contribution in [0.25, 0.3) is 0 Å². The average Bonchev–Trinajstić information content (AvgIpc) is 0.725. The van der Waals surface area contributed by atoms with Crippen LogP contribution in [0.4, 0.5) is 171 Å². The third kappa shape index (κ3) is 20.7. The van der Waals surface area contributed by atoms with Crippen molar-refractivity contribution in [2.24, 2.45) is 5.73 Å². The summed E-state index contributed by atoms with van der Waals surface area (Å²) in [6.07, 6.45) is -25.6. The van der Waals surface area contributed by atoms with Crippen LogP contribution in [-0.4, -0.2) is 183 Å². The van der Waals surface area contributed by atoms with Crippen molar-refractivity contribution in [2.45, 2.75) is 181 Å². The van der Waals surface area contributed by atoms with Crippen molar-refractivity contribution >= 4 is 47.7 Å². The molecule has 0 bridgehead atoms. The van der Waals surface area contributed by atoms with Gasteiger partial charge in [-0.25, -0.2) is 4.79 Å². The number of hydrogen-bond acceptors (Lipinski definition) is 11. The molecular weight excluding hydrogens is 1510 g/mol. The summed E-state index contributed by atoms with van der Waals surface area (Å²) in [5, 5.41) is 0. The molecule has 0 heterocycles. The molecule has 0 saturated heterocycles. The Morgan fingerprint density at radius 3 is 0.821 bits per heavy atom. The average molecular weight is 1560 g/mol. The first-order valence-electron chi connectivity index (χ1n) is 24.3.